The van der Waals surface area contributed by atoms with Crippen LogP contribution in [0, 0.1) is 5.92 Å². The minimum Gasteiger partial charge on any atom is -0.468 e. The summed E-state index contributed by atoms with van der Waals surface area (Å²) in [5, 5.41) is 0. The minimum atomic E-state index is -0.565. The van der Waals surface area contributed by atoms with E-state index < -0.39 is 11.9 Å². The van der Waals surface area contributed by atoms with Gasteiger partial charge in [0.05, 0.1) is 7.11 Å². The second-order valence-corrected chi connectivity index (χ2v) is 2.09. The van der Waals surface area contributed by atoms with Gasteiger partial charge in [-0.1, -0.05) is 6.92 Å². The van der Waals surface area contributed by atoms with Crippen molar-refractivity contribution in [1.82, 2.24) is 0 Å². The van der Waals surface area contributed by atoms with Crippen molar-refractivity contribution < 1.29 is 14.3 Å². The molecule has 0 aliphatic rings. The molecule has 0 amide bonds. The SMILES string of the molecule is CC[C@@H](C(C)=O)C(=O)OC. The third-order valence-electron chi connectivity index (χ3n) is 1.38. The fourth-order valence-electron chi connectivity index (χ4n) is 0.762. The van der Waals surface area contributed by atoms with E-state index in [-0.39, 0.29) is 5.78 Å². The van der Waals surface area contributed by atoms with Crippen molar-refractivity contribution in [3.63, 3.8) is 0 Å². The molecule has 0 spiro atoms. The van der Waals surface area contributed by atoms with Gasteiger partial charge in [0.25, 0.3) is 0 Å². The highest BCUT2D eigenvalue weighted by Crippen LogP contribution is 2.05. The van der Waals surface area contributed by atoms with Crippen molar-refractivity contribution >= 4 is 11.8 Å². The van der Waals surface area contributed by atoms with E-state index in [1.165, 1.54) is 14.0 Å². The van der Waals surface area contributed by atoms with Crippen molar-refractivity contribution in [1.29, 1.82) is 0 Å². The fourth-order valence-corrected chi connectivity index (χ4v) is 0.762. The lowest BCUT2D eigenvalue weighted by Crippen LogP contribution is -2.22. The van der Waals surface area contributed by atoms with Crippen molar-refractivity contribution in [2.24, 2.45) is 5.92 Å². The summed E-state index contributed by atoms with van der Waals surface area (Å²) in [5.41, 5.74) is 0. The summed E-state index contributed by atoms with van der Waals surface area (Å²) in [7, 11) is 1.29. The van der Waals surface area contributed by atoms with Crippen molar-refractivity contribution in [2.75, 3.05) is 7.11 Å². The maximum absolute atomic E-state index is 10.7. The van der Waals surface area contributed by atoms with Gasteiger partial charge in [0.2, 0.25) is 0 Å². The predicted molar refractivity (Wildman–Crippen MR) is 36.5 cm³/mol. The van der Waals surface area contributed by atoms with Crippen LogP contribution >= 0.6 is 0 Å². The molecule has 1 atom stereocenters. The molecule has 3 heteroatoms. The summed E-state index contributed by atoms with van der Waals surface area (Å²) in [4.78, 5) is 21.4. The molecule has 0 N–H and O–H groups in total. The zero-order valence-corrected chi connectivity index (χ0v) is 6.51. The maximum Gasteiger partial charge on any atom is 0.316 e. The Kier molecular flexibility index (Phi) is 3.69. The lowest BCUT2D eigenvalue weighted by atomic mass is 10.0. The highest BCUT2D eigenvalue weighted by Gasteiger charge is 2.20. The number of esters is 1. The number of hydrogen-bond acceptors (Lipinski definition) is 3. The minimum absolute atomic E-state index is 0.130. The molecule has 58 valence electrons. The van der Waals surface area contributed by atoms with E-state index in [0.29, 0.717) is 6.42 Å². The Hall–Kier alpha value is -0.860. The Morgan fingerprint density at radius 3 is 2.10 bits per heavy atom. The molecule has 0 fully saturated rings. The number of ketones is 1. The molecule has 3 nitrogen and oxygen atoms in total. The van der Waals surface area contributed by atoms with Gasteiger partial charge < -0.3 is 4.74 Å². The van der Waals surface area contributed by atoms with Crippen LogP contribution in [0.25, 0.3) is 0 Å². The van der Waals surface area contributed by atoms with Crippen molar-refractivity contribution in [2.45, 2.75) is 20.3 Å². The standard InChI is InChI=1S/C7H12O3/c1-4-6(5(2)8)7(9)10-3/h6H,4H2,1-3H3/t6-/m0/s1. The third kappa shape index (κ3) is 2.17. The Morgan fingerprint density at radius 2 is 2.00 bits per heavy atom. The first-order valence-electron chi connectivity index (χ1n) is 3.21. The summed E-state index contributed by atoms with van der Waals surface area (Å²) in [6, 6.07) is 0. The number of Topliss-reactive ketones (excluding diaryl/α,β-unsaturated/α-hetero) is 1. The molecule has 0 bridgehead atoms. The molecule has 0 aliphatic heterocycles. The van der Waals surface area contributed by atoms with Gasteiger partial charge in [-0.05, 0) is 13.3 Å². The summed E-state index contributed by atoms with van der Waals surface area (Å²) in [6.07, 6.45) is 0.516. The molecule has 0 heterocycles. The third-order valence-corrected chi connectivity index (χ3v) is 1.38. The van der Waals surface area contributed by atoms with E-state index in [1.54, 1.807) is 6.92 Å². The van der Waals surface area contributed by atoms with Gasteiger partial charge in [-0.15, -0.1) is 0 Å². The van der Waals surface area contributed by atoms with Gasteiger partial charge in [-0.25, -0.2) is 0 Å². The number of methoxy groups -OCH3 is 1. The second-order valence-electron chi connectivity index (χ2n) is 2.09. The second kappa shape index (κ2) is 4.04. The number of ether oxygens (including phenoxy) is 1. The topological polar surface area (TPSA) is 43.4 Å². The molecule has 0 aliphatic carbocycles. The molecule has 0 aromatic carbocycles. The van der Waals surface area contributed by atoms with Crippen LogP contribution < -0.4 is 0 Å². The van der Waals surface area contributed by atoms with E-state index in [4.69, 9.17) is 0 Å². The average molecular weight is 144 g/mol. The van der Waals surface area contributed by atoms with E-state index in [2.05, 4.69) is 4.74 Å². The number of rotatable bonds is 3. The van der Waals surface area contributed by atoms with Gasteiger partial charge in [0.15, 0.2) is 0 Å². The maximum atomic E-state index is 10.7. The van der Waals surface area contributed by atoms with Gasteiger partial charge in [-0.3, -0.25) is 9.59 Å². The van der Waals surface area contributed by atoms with Crippen LogP contribution in [0.1, 0.15) is 20.3 Å². The van der Waals surface area contributed by atoms with Crippen molar-refractivity contribution in [3.05, 3.63) is 0 Å². The summed E-state index contributed by atoms with van der Waals surface area (Å²) >= 11 is 0. The Balaban J connectivity index is 4.06. The van der Waals surface area contributed by atoms with E-state index >= 15 is 0 Å². The zero-order chi connectivity index (χ0) is 8.15. The summed E-state index contributed by atoms with van der Waals surface area (Å²) < 4.78 is 4.40. The first-order valence-corrected chi connectivity index (χ1v) is 3.21. The van der Waals surface area contributed by atoms with Crippen LogP contribution in [0.3, 0.4) is 0 Å². The molecular formula is C7H12O3. The normalized spacial score (nSPS) is 12.3. The monoisotopic (exact) mass is 144 g/mol. The summed E-state index contributed by atoms with van der Waals surface area (Å²) in [5.74, 6) is -1.13. The molecule has 0 rings (SSSR count). The molecule has 0 unspecified atom stereocenters. The molecule has 0 aromatic rings. The highest BCUT2D eigenvalue weighted by molar-refractivity contribution is 5.97. The fraction of sp³-hybridized carbons (Fsp3) is 0.714. The van der Waals surface area contributed by atoms with E-state index in [1.807, 2.05) is 0 Å². The van der Waals surface area contributed by atoms with Crippen LogP contribution in [-0.2, 0) is 14.3 Å². The molecule has 0 saturated carbocycles. The van der Waals surface area contributed by atoms with Crippen LogP contribution in [0.15, 0.2) is 0 Å². The number of carbonyl (C=O) groups excluding carboxylic acids is 2. The smallest absolute Gasteiger partial charge is 0.316 e. The Bertz CT molecular complexity index is 140. The number of hydrogen-bond donors (Lipinski definition) is 0. The van der Waals surface area contributed by atoms with E-state index in [0.717, 1.165) is 0 Å². The lowest BCUT2D eigenvalue weighted by Gasteiger charge is -2.06. The average Bonchev–Trinajstić information content (AvgIpc) is 1.88. The van der Waals surface area contributed by atoms with Gasteiger partial charge >= 0.3 is 5.97 Å². The van der Waals surface area contributed by atoms with E-state index in [9.17, 15) is 9.59 Å². The molecule has 10 heavy (non-hydrogen) atoms. The first kappa shape index (κ1) is 9.14. The molecular weight excluding hydrogens is 132 g/mol. The largest absolute Gasteiger partial charge is 0.468 e. The highest BCUT2D eigenvalue weighted by atomic mass is 16.5. The Morgan fingerprint density at radius 1 is 1.50 bits per heavy atom. The van der Waals surface area contributed by atoms with Gasteiger partial charge in [-0.2, -0.15) is 0 Å². The van der Waals surface area contributed by atoms with Crippen LogP contribution in [-0.4, -0.2) is 18.9 Å². The molecule has 0 aromatic heterocycles. The molecule has 0 saturated heterocycles. The predicted octanol–water partition coefficient (Wildman–Crippen LogP) is 0.775. The lowest BCUT2D eigenvalue weighted by molar-refractivity contribution is -0.148. The number of carbonyl (C=O) groups is 2. The van der Waals surface area contributed by atoms with Gasteiger partial charge in [0, 0.05) is 0 Å². The first-order chi connectivity index (χ1) is 4.63. The summed E-state index contributed by atoms with van der Waals surface area (Å²) in [6.45, 7) is 3.17. The van der Waals surface area contributed by atoms with Gasteiger partial charge in [0.1, 0.15) is 11.7 Å². The van der Waals surface area contributed by atoms with Crippen molar-refractivity contribution in [3.8, 4) is 0 Å². The zero-order valence-electron chi connectivity index (χ0n) is 6.51. The molecule has 0 radical (unpaired) electrons. The van der Waals surface area contributed by atoms with Crippen LogP contribution in [0.4, 0.5) is 0 Å². The quantitative estimate of drug-likeness (QED) is 0.434. The van der Waals surface area contributed by atoms with Crippen LogP contribution in [0.2, 0.25) is 0 Å². The Labute approximate surface area is 60.4 Å². The van der Waals surface area contributed by atoms with Crippen LogP contribution in [0.5, 0.6) is 0 Å².